The molecule has 51 heavy (non-hydrogen) atoms. The van der Waals surface area contributed by atoms with Gasteiger partial charge >= 0.3 is 66.6 Å². The van der Waals surface area contributed by atoms with E-state index >= 15 is 0 Å². The van der Waals surface area contributed by atoms with Crippen molar-refractivity contribution in [2.24, 2.45) is 0 Å². The summed E-state index contributed by atoms with van der Waals surface area (Å²) in [5.41, 5.74) is 2.24. The molecule has 0 radical (unpaired) electrons. The van der Waals surface area contributed by atoms with Crippen LogP contribution in [-0.4, -0.2) is 70.3 Å². The maximum absolute atomic E-state index is 11.4. The van der Waals surface area contributed by atoms with E-state index in [0.717, 1.165) is 32.2 Å². The number of hydrogen-bond donors (Lipinski definition) is 1. The fraction of sp³-hybridized carbons (Fsp3) is 0.294. The smallest absolute Gasteiger partial charge is 0.0751 e. The van der Waals surface area contributed by atoms with E-state index in [-0.39, 0.29) is 6.61 Å². The largest absolute Gasteiger partial charge is 0.256 e. The Morgan fingerprint density at radius 1 is 0.725 bits per heavy atom. The predicted molar refractivity (Wildman–Crippen MR) is 195 cm³/mol. The first-order valence-electron chi connectivity index (χ1n) is 15.0. The fourth-order valence-corrected chi connectivity index (χ4v) is 7.52. The predicted octanol–water partition coefficient (Wildman–Crippen LogP) is 7.85. The second kappa shape index (κ2) is 21.6. The van der Waals surface area contributed by atoms with Crippen molar-refractivity contribution in [1.82, 2.24) is 9.97 Å². The van der Waals surface area contributed by atoms with Crippen molar-refractivity contribution in [3.8, 4) is 27.6 Å². The first-order valence-corrected chi connectivity index (χ1v) is 25.0. The summed E-state index contributed by atoms with van der Waals surface area (Å²) >= 11 is 2.39. The maximum atomic E-state index is 11.4. The van der Waals surface area contributed by atoms with E-state index in [9.17, 15) is 19.2 Å². The molecule has 0 aliphatic carbocycles. The van der Waals surface area contributed by atoms with Crippen molar-refractivity contribution in [3.05, 3.63) is 91.0 Å². The van der Waals surface area contributed by atoms with Crippen LogP contribution in [0.1, 0.15) is 27.7 Å². The van der Waals surface area contributed by atoms with Crippen LogP contribution in [0, 0.1) is 0 Å². The summed E-state index contributed by atoms with van der Waals surface area (Å²) in [6.07, 6.45) is -0.653. The number of esters is 4. The SMILES string of the molecule is CC(=O)OC[C@H]1O[C@@H](S)[C@H](OC(C)=O)[C@@H](OC(C)=O)[C@@H]1OC(C)=O.[Cl][Au]([Cl])[Cl].c1ccc(-p2ccc(-c3ccccn3)c2-c2ccccn2)cc1. The van der Waals surface area contributed by atoms with Gasteiger partial charge in [-0.3, -0.25) is 29.1 Å². The van der Waals surface area contributed by atoms with Gasteiger partial charge in [-0.15, -0.1) is 12.6 Å². The number of hydrogen-bond acceptors (Lipinski definition) is 12. The average molecular weight is 982 g/mol. The molecule has 0 bridgehead atoms. The van der Waals surface area contributed by atoms with Crippen molar-refractivity contribution in [2.45, 2.75) is 57.5 Å². The zero-order valence-electron chi connectivity index (χ0n) is 27.7. The van der Waals surface area contributed by atoms with E-state index in [2.05, 4.69) is 76.9 Å². The van der Waals surface area contributed by atoms with Crippen LogP contribution in [0.5, 0.6) is 0 Å². The molecule has 0 saturated carbocycles. The Labute approximate surface area is 320 Å². The summed E-state index contributed by atoms with van der Waals surface area (Å²) in [4.78, 5) is 54.2. The first kappa shape index (κ1) is 42.5. The van der Waals surface area contributed by atoms with Gasteiger partial charge in [-0.05, 0) is 41.4 Å². The number of thiol groups is 1. The zero-order chi connectivity index (χ0) is 37.5. The third-order valence-corrected chi connectivity index (χ3v) is 9.40. The third-order valence-electron chi connectivity index (χ3n) is 6.74. The van der Waals surface area contributed by atoms with E-state index in [1.54, 1.807) is 0 Å². The van der Waals surface area contributed by atoms with Crippen LogP contribution >= 0.6 is 47.7 Å². The van der Waals surface area contributed by atoms with Crippen molar-refractivity contribution >= 4 is 71.6 Å². The van der Waals surface area contributed by atoms with Crippen molar-refractivity contribution in [3.63, 3.8) is 0 Å². The molecule has 5 rings (SSSR count). The van der Waals surface area contributed by atoms with Gasteiger partial charge in [0.15, 0.2) is 18.3 Å². The summed E-state index contributed by atoms with van der Waals surface area (Å²) in [5.74, 6) is -0.267. The molecule has 4 heterocycles. The molecule has 6 atom stereocenters. The van der Waals surface area contributed by atoms with Crippen LogP contribution in [0.15, 0.2) is 91.0 Å². The van der Waals surface area contributed by atoms with Crippen LogP contribution in [-0.2, 0) is 58.1 Å². The topological polar surface area (TPSA) is 140 Å². The minimum Gasteiger partial charge on any atom is -0.256 e. The fourth-order valence-electron chi connectivity index (χ4n) is 4.93. The molecule has 3 aromatic heterocycles. The molecule has 278 valence electrons. The summed E-state index contributed by atoms with van der Waals surface area (Å²) in [6, 6.07) is 25.0. The Kier molecular flexibility index (Phi) is 18.0. The third kappa shape index (κ3) is 13.9. The van der Waals surface area contributed by atoms with Gasteiger partial charge in [0, 0.05) is 50.9 Å². The zero-order valence-corrected chi connectivity index (χ0v) is 33.9. The number of pyridine rings is 2. The molecule has 1 aromatic carbocycles. The summed E-state index contributed by atoms with van der Waals surface area (Å²) in [7, 11) is 14.3. The summed E-state index contributed by atoms with van der Waals surface area (Å²) in [5, 5.41) is 2.62. The molecular weight excluding hydrogens is 947 g/mol. The van der Waals surface area contributed by atoms with Crippen LogP contribution in [0.3, 0.4) is 0 Å². The van der Waals surface area contributed by atoms with Crippen molar-refractivity contribution < 1.29 is 58.1 Å². The maximum Gasteiger partial charge on any atom is 0.0751 e. The first-order chi connectivity index (χ1) is 24.3. The Hall–Kier alpha value is -2.90. The number of nitrogens with zero attached hydrogens (tertiary/aromatic N) is 2. The van der Waals surface area contributed by atoms with Gasteiger partial charge in [-0.25, -0.2) is 0 Å². The molecule has 0 amide bonds. The average Bonchev–Trinajstić information content (AvgIpc) is 3.53. The van der Waals surface area contributed by atoms with E-state index in [0.29, 0.717) is 0 Å². The van der Waals surface area contributed by atoms with Gasteiger partial charge in [0.05, 0.1) is 11.4 Å². The van der Waals surface area contributed by atoms with E-state index < -0.39 is 76.5 Å². The minimum absolute atomic E-state index is 0.255. The van der Waals surface area contributed by atoms with Crippen LogP contribution in [0.25, 0.3) is 27.6 Å². The normalized spacial score (nSPS) is 19.8. The Balaban J connectivity index is 0.000000249. The molecule has 17 heteroatoms. The Bertz CT molecular complexity index is 1670. The number of carbonyl (C=O) groups is 4. The summed E-state index contributed by atoms with van der Waals surface area (Å²) in [6.45, 7) is 4.42. The van der Waals surface area contributed by atoms with E-state index in [4.69, 9.17) is 51.3 Å². The molecule has 1 fully saturated rings. The van der Waals surface area contributed by atoms with Crippen LogP contribution < -0.4 is 0 Å². The second-order valence-electron chi connectivity index (χ2n) is 10.4. The van der Waals surface area contributed by atoms with Crippen molar-refractivity contribution in [1.29, 1.82) is 0 Å². The Morgan fingerprint density at radius 2 is 1.24 bits per heavy atom. The van der Waals surface area contributed by atoms with Gasteiger partial charge in [-0.1, -0.05) is 50.0 Å². The monoisotopic (exact) mass is 980 g/mol. The molecule has 1 aliphatic heterocycles. The van der Waals surface area contributed by atoms with Crippen molar-refractivity contribution in [2.75, 3.05) is 6.61 Å². The molecule has 0 spiro atoms. The molecule has 1 aliphatic rings. The molecule has 1 saturated heterocycles. The van der Waals surface area contributed by atoms with E-state index in [1.165, 1.54) is 23.1 Å². The second-order valence-corrected chi connectivity index (χ2v) is 22.3. The number of carbonyl (C=O) groups excluding carboxylic acids is 4. The Morgan fingerprint density at radius 3 is 1.75 bits per heavy atom. The van der Waals surface area contributed by atoms with Gasteiger partial charge in [0.25, 0.3) is 0 Å². The number of rotatable bonds is 8. The number of ether oxygens (including phenoxy) is 5. The van der Waals surface area contributed by atoms with Gasteiger partial charge in [0.2, 0.25) is 0 Å². The minimum atomic E-state index is -1.79. The van der Waals surface area contributed by atoms with Gasteiger partial charge in [0.1, 0.15) is 18.1 Å². The van der Waals surface area contributed by atoms with Crippen LogP contribution in [0.2, 0.25) is 0 Å². The van der Waals surface area contributed by atoms with Crippen LogP contribution in [0.4, 0.5) is 0 Å². The number of aromatic nitrogens is 2. The quantitative estimate of drug-likeness (QED) is 0.0800. The number of benzene rings is 1. The summed E-state index contributed by atoms with van der Waals surface area (Å²) < 4.78 is 25.8. The molecule has 4 aromatic rings. The van der Waals surface area contributed by atoms with Gasteiger partial charge in [-0.2, -0.15) is 0 Å². The molecular formula is C34H35AuCl3N2O9PS. The molecule has 11 nitrogen and oxygen atoms in total. The molecule has 1 unspecified atom stereocenters. The van der Waals surface area contributed by atoms with Gasteiger partial charge < -0.3 is 23.7 Å². The van der Waals surface area contributed by atoms with E-state index in [1.807, 2.05) is 36.7 Å². The standard InChI is InChI=1S/C20H15N2P.C14H20O9S.Au.3ClH/c1-2-8-16(9-3-1)23-15-12-17(18-10-4-6-13-21-18)20(23)19-11-5-7-14-22-19;1-6(15)19-5-10-11(20-7(2)16)12(21-8(3)17)13(14(24)23-10)22-9(4)18;;;;/h1-15H;10-14,24H,5H2,1-4H3;;3*1H/q;;+3;;;/p-3/t;10-,11-,12+,13-,14+;;;;/m.1..../s1. The molecule has 0 N–H and O–H groups in total. The number of halogens is 3.